The number of benzene rings is 1. The summed E-state index contributed by atoms with van der Waals surface area (Å²) in [5.41, 5.74) is 2.00. The van der Waals surface area contributed by atoms with Gasteiger partial charge in [0.15, 0.2) is 5.69 Å². The van der Waals surface area contributed by atoms with Crippen LogP contribution in [0.25, 0.3) is 0 Å². The van der Waals surface area contributed by atoms with Crippen LogP contribution in [-0.2, 0) is 4.74 Å². The summed E-state index contributed by atoms with van der Waals surface area (Å²) in [7, 11) is 0. The summed E-state index contributed by atoms with van der Waals surface area (Å²) in [5, 5.41) is 12.0. The third-order valence-corrected chi connectivity index (χ3v) is 2.61. The average molecular weight is 271 g/mol. The maximum absolute atomic E-state index is 11.5. The highest BCUT2D eigenvalue weighted by Crippen LogP contribution is 2.22. The summed E-state index contributed by atoms with van der Waals surface area (Å²) in [6.45, 7) is 3.82. The lowest BCUT2D eigenvalue weighted by molar-refractivity contribution is 0.0519. The fourth-order valence-corrected chi connectivity index (χ4v) is 1.67. The van der Waals surface area contributed by atoms with Gasteiger partial charge in [0, 0.05) is 0 Å². The van der Waals surface area contributed by atoms with E-state index in [1.807, 2.05) is 19.1 Å². The fourth-order valence-electron chi connectivity index (χ4n) is 1.67. The van der Waals surface area contributed by atoms with Gasteiger partial charge >= 0.3 is 5.97 Å². The molecule has 0 saturated heterocycles. The van der Waals surface area contributed by atoms with Gasteiger partial charge < -0.3 is 14.5 Å². The minimum atomic E-state index is -0.547. The van der Waals surface area contributed by atoms with Crippen molar-refractivity contribution in [2.75, 3.05) is 11.9 Å². The van der Waals surface area contributed by atoms with E-state index in [-0.39, 0.29) is 18.3 Å². The SMILES string of the molecule is CCOC(=O)c1coc(Nc2cccc(C)c2C#N)n1. The second-order valence-electron chi connectivity index (χ2n) is 3.99. The zero-order valence-corrected chi connectivity index (χ0v) is 11.1. The first kappa shape index (κ1) is 13.6. The number of aryl methyl sites for hydroxylation is 1. The average Bonchev–Trinajstić information content (AvgIpc) is 2.88. The van der Waals surface area contributed by atoms with Crippen LogP contribution in [0.3, 0.4) is 0 Å². The van der Waals surface area contributed by atoms with Crippen LogP contribution in [-0.4, -0.2) is 17.6 Å². The molecular weight excluding hydrogens is 258 g/mol. The molecule has 1 aromatic carbocycles. The molecule has 0 spiro atoms. The molecule has 0 aliphatic carbocycles. The number of aromatic nitrogens is 1. The molecule has 1 N–H and O–H groups in total. The molecule has 0 radical (unpaired) electrons. The molecule has 102 valence electrons. The first-order valence-electron chi connectivity index (χ1n) is 6.05. The van der Waals surface area contributed by atoms with Crippen molar-refractivity contribution in [3.05, 3.63) is 41.3 Å². The molecule has 0 saturated carbocycles. The molecule has 20 heavy (non-hydrogen) atoms. The van der Waals surface area contributed by atoms with E-state index in [9.17, 15) is 4.79 Å². The Morgan fingerprint density at radius 2 is 2.35 bits per heavy atom. The normalized spacial score (nSPS) is 9.85. The number of nitrogens with one attached hydrogen (secondary N) is 1. The first-order valence-corrected chi connectivity index (χ1v) is 6.05. The Kier molecular flexibility index (Phi) is 4.01. The highest BCUT2D eigenvalue weighted by atomic mass is 16.5. The zero-order chi connectivity index (χ0) is 14.5. The molecule has 0 aliphatic heterocycles. The Balaban J connectivity index is 2.22. The Labute approximate surface area is 116 Å². The minimum absolute atomic E-state index is 0.0838. The third-order valence-electron chi connectivity index (χ3n) is 2.61. The number of ether oxygens (including phenoxy) is 1. The summed E-state index contributed by atoms with van der Waals surface area (Å²) >= 11 is 0. The molecule has 0 bridgehead atoms. The van der Waals surface area contributed by atoms with E-state index in [1.54, 1.807) is 13.0 Å². The molecular formula is C14H13N3O3. The van der Waals surface area contributed by atoms with E-state index in [2.05, 4.69) is 16.4 Å². The van der Waals surface area contributed by atoms with Crippen LogP contribution in [0.15, 0.2) is 28.9 Å². The quantitative estimate of drug-likeness (QED) is 0.860. The van der Waals surface area contributed by atoms with E-state index in [0.717, 1.165) is 5.56 Å². The number of anilines is 2. The molecule has 0 atom stereocenters. The molecule has 1 heterocycles. The van der Waals surface area contributed by atoms with Gasteiger partial charge in [-0.05, 0) is 25.5 Å². The van der Waals surface area contributed by atoms with E-state index >= 15 is 0 Å². The van der Waals surface area contributed by atoms with Crippen molar-refractivity contribution in [1.82, 2.24) is 4.98 Å². The van der Waals surface area contributed by atoms with Crippen LogP contribution in [0.4, 0.5) is 11.7 Å². The number of carbonyl (C=O) groups excluding carboxylic acids is 1. The summed E-state index contributed by atoms with van der Waals surface area (Å²) in [6.07, 6.45) is 1.21. The summed E-state index contributed by atoms with van der Waals surface area (Å²) < 4.78 is 9.96. The molecule has 1 aromatic heterocycles. The lowest BCUT2D eigenvalue weighted by Gasteiger charge is -2.05. The van der Waals surface area contributed by atoms with Gasteiger partial charge in [-0.1, -0.05) is 12.1 Å². The molecule has 6 nitrogen and oxygen atoms in total. The molecule has 0 amide bonds. The third kappa shape index (κ3) is 2.78. The Bertz CT molecular complexity index is 671. The van der Waals surface area contributed by atoms with Gasteiger partial charge in [0.25, 0.3) is 6.01 Å². The van der Waals surface area contributed by atoms with Crippen LogP contribution >= 0.6 is 0 Å². The molecule has 0 unspecified atom stereocenters. The number of carbonyl (C=O) groups is 1. The predicted molar refractivity (Wildman–Crippen MR) is 71.6 cm³/mol. The van der Waals surface area contributed by atoms with Crippen molar-refractivity contribution in [3.8, 4) is 6.07 Å². The number of rotatable bonds is 4. The maximum atomic E-state index is 11.5. The number of nitriles is 1. The number of nitrogens with zero attached hydrogens (tertiary/aromatic N) is 2. The van der Waals surface area contributed by atoms with E-state index in [1.165, 1.54) is 6.26 Å². The number of esters is 1. The highest BCUT2D eigenvalue weighted by Gasteiger charge is 2.14. The second kappa shape index (κ2) is 5.89. The fraction of sp³-hybridized carbons (Fsp3) is 0.214. The zero-order valence-electron chi connectivity index (χ0n) is 11.1. The van der Waals surface area contributed by atoms with Crippen molar-refractivity contribution in [2.45, 2.75) is 13.8 Å². The van der Waals surface area contributed by atoms with Crippen LogP contribution in [0.5, 0.6) is 0 Å². The molecule has 6 heteroatoms. The van der Waals surface area contributed by atoms with Gasteiger partial charge in [-0.15, -0.1) is 0 Å². The van der Waals surface area contributed by atoms with Gasteiger partial charge in [0.2, 0.25) is 0 Å². The molecule has 0 aliphatic rings. The largest absolute Gasteiger partial charge is 0.461 e. The first-order chi connectivity index (χ1) is 9.65. The van der Waals surface area contributed by atoms with Crippen molar-refractivity contribution in [3.63, 3.8) is 0 Å². The van der Waals surface area contributed by atoms with Crippen LogP contribution in [0, 0.1) is 18.3 Å². The topological polar surface area (TPSA) is 88.1 Å². The van der Waals surface area contributed by atoms with E-state index in [0.29, 0.717) is 11.3 Å². The minimum Gasteiger partial charge on any atom is -0.461 e. The van der Waals surface area contributed by atoms with Crippen LogP contribution < -0.4 is 5.32 Å². The van der Waals surface area contributed by atoms with Crippen molar-refractivity contribution < 1.29 is 13.9 Å². The second-order valence-corrected chi connectivity index (χ2v) is 3.99. The standard InChI is InChI=1S/C14H13N3O3/c1-3-19-13(18)12-8-20-14(17-12)16-11-6-4-5-9(2)10(11)7-15/h4-6,8H,3H2,1-2H3,(H,16,17). The van der Waals surface area contributed by atoms with E-state index in [4.69, 9.17) is 14.4 Å². The number of oxazole rings is 1. The van der Waals surface area contributed by atoms with Gasteiger partial charge in [-0.2, -0.15) is 10.2 Å². The van der Waals surface area contributed by atoms with Crippen molar-refractivity contribution >= 4 is 17.7 Å². The maximum Gasteiger partial charge on any atom is 0.360 e. The number of hydrogen-bond acceptors (Lipinski definition) is 6. The van der Waals surface area contributed by atoms with Crippen LogP contribution in [0.1, 0.15) is 28.5 Å². The van der Waals surface area contributed by atoms with Gasteiger partial charge in [0.1, 0.15) is 12.3 Å². The summed E-state index contributed by atoms with van der Waals surface area (Å²) in [4.78, 5) is 15.4. The Hall–Kier alpha value is -2.81. The van der Waals surface area contributed by atoms with Crippen molar-refractivity contribution in [1.29, 1.82) is 5.26 Å². The smallest absolute Gasteiger partial charge is 0.360 e. The lowest BCUT2D eigenvalue weighted by atomic mass is 10.1. The monoisotopic (exact) mass is 271 g/mol. The summed E-state index contributed by atoms with van der Waals surface area (Å²) in [5.74, 6) is -0.547. The molecule has 2 rings (SSSR count). The molecule has 0 fully saturated rings. The van der Waals surface area contributed by atoms with Crippen molar-refractivity contribution in [2.24, 2.45) is 0 Å². The van der Waals surface area contributed by atoms with Gasteiger partial charge in [-0.3, -0.25) is 0 Å². The van der Waals surface area contributed by atoms with Crippen LogP contribution in [0.2, 0.25) is 0 Å². The van der Waals surface area contributed by atoms with Gasteiger partial charge in [0.05, 0.1) is 17.9 Å². The summed E-state index contributed by atoms with van der Waals surface area (Å²) in [6, 6.07) is 7.63. The Morgan fingerprint density at radius 1 is 1.55 bits per heavy atom. The number of hydrogen-bond donors (Lipinski definition) is 1. The predicted octanol–water partition coefficient (Wildman–Crippen LogP) is 2.78. The highest BCUT2D eigenvalue weighted by molar-refractivity contribution is 5.87. The Morgan fingerprint density at radius 3 is 3.05 bits per heavy atom. The lowest BCUT2D eigenvalue weighted by Crippen LogP contribution is -2.05. The molecule has 2 aromatic rings. The van der Waals surface area contributed by atoms with Gasteiger partial charge in [-0.25, -0.2) is 4.79 Å². The van der Waals surface area contributed by atoms with E-state index < -0.39 is 5.97 Å².